The summed E-state index contributed by atoms with van der Waals surface area (Å²) in [6, 6.07) is 16.4. The Labute approximate surface area is 140 Å². The highest BCUT2D eigenvalue weighted by Gasteiger charge is 2.23. The van der Waals surface area contributed by atoms with E-state index in [2.05, 4.69) is 10.3 Å². The van der Waals surface area contributed by atoms with E-state index in [9.17, 15) is 4.79 Å². The highest BCUT2D eigenvalue weighted by atomic mass is 16.4. The SMILES string of the molecule is CN(Cc1ccc(C(=O)NC2CC2)cc1)c1nc2ccccc2o1. The van der Waals surface area contributed by atoms with Gasteiger partial charge in [-0.2, -0.15) is 4.98 Å². The molecular weight excluding hydrogens is 302 g/mol. The Hall–Kier alpha value is -2.82. The van der Waals surface area contributed by atoms with Gasteiger partial charge in [0, 0.05) is 25.2 Å². The van der Waals surface area contributed by atoms with E-state index < -0.39 is 0 Å². The Kier molecular flexibility index (Phi) is 3.69. The van der Waals surface area contributed by atoms with Crippen LogP contribution in [-0.2, 0) is 6.54 Å². The molecule has 5 heteroatoms. The second-order valence-electron chi connectivity index (χ2n) is 6.26. The van der Waals surface area contributed by atoms with Gasteiger partial charge in [-0.3, -0.25) is 4.79 Å². The smallest absolute Gasteiger partial charge is 0.298 e. The van der Waals surface area contributed by atoms with Gasteiger partial charge in [-0.1, -0.05) is 24.3 Å². The Bertz CT molecular complexity index is 833. The lowest BCUT2D eigenvalue weighted by Crippen LogP contribution is -2.25. The normalized spacial score (nSPS) is 13.9. The molecule has 5 nitrogen and oxygen atoms in total. The minimum Gasteiger partial charge on any atom is -0.423 e. The average molecular weight is 321 g/mol. The Morgan fingerprint density at radius 1 is 1.21 bits per heavy atom. The van der Waals surface area contributed by atoms with Crippen molar-refractivity contribution in [1.82, 2.24) is 10.3 Å². The van der Waals surface area contributed by atoms with Gasteiger partial charge in [-0.05, 0) is 42.7 Å². The number of aromatic nitrogens is 1. The first kappa shape index (κ1) is 14.8. The second kappa shape index (κ2) is 6.00. The number of hydrogen-bond donors (Lipinski definition) is 1. The molecule has 1 aliphatic carbocycles. The number of carbonyl (C=O) groups excluding carboxylic acids is 1. The molecule has 122 valence electrons. The molecule has 1 amide bonds. The summed E-state index contributed by atoms with van der Waals surface area (Å²) in [6.45, 7) is 0.664. The van der Waals surface area contributed by atoms with E-state index in [0.29, 0.717) is 24.2 Å². The van der Waals surface area contributed by atoms with Gasteiger partial charge < -0.3 is 14.6 Å². The maximum atomic E-state index is 12.0. The van der Waals surface area contributed by atoms with Gasteiger partial charge in [0.05, 0.1) is 0 Å². The van der Waals surface area contributed by atoms with Crippen LogP contribution in [0.5, 0.6) is 0 Å². The molecule has 0 bridgehead atoms. The lowest BCUT2D eigenvalue weighted by atomic mass is 10.1. The number of oxazole rings is 1. The molecule has 0 aliphatic heterocycles. The molecule has 1 aliphatic rings. The standard InChI is InChI=1S/C19H19N3O2/c1-22(19-21-16-4-2-3-5-17(16)24-19)12-13-6-8-14(9-7-13)18(23)20-15-10-11-15/h2-9,15H,10-12H2,1H3,(H,20,23). The molecule has 4 rings (SSSR count). The number of benzene rings is 2. The number of nitrogens with zero attached hydrogens (tertiary/aromatic N) is 2. The zero-order chi connectivity index (χ0) is 16.5. The van der Waals surface area contributed by atoms with Crippen LogP contribution in [0.25, 0.3) is 11.1 Å². The van der Waals surface area contributed by atoms with Crippen LogP contribution < -0.4 is 10.2 Å². The van der Waals surface area contributed by atoms with Crippen LogP contribution >= 0.6 is 0 Å². The summed E-state index contributed by atoms with van der Waals surface area (Å²) >= 11 is 0. The summed E-state index contributed by atoms with van der Waals surface area (Å²) in [4.78, 5) is 18.4. The van der Waals surface area contributed by atoms with Crippen molar-refractivity contribution in [3.05, 3.63) is 59.7 Å². The van der Waals surface area contributed by atoms with Crippen LogP contribution in [-0.4, -0.2) is 24.0 Å². The highest BCUT2D eigenvalue weighted by Crippen LogP contribution is 2.22. The van der Waals surface area contributed by atoms with Crippen molar-refractivity contribution in [2.24, 2.45) is 0 Å². The first-order valence-corrected chi connectivity index (χ1v) is 8.15. The minimum atomic E-state index is 0.0105. The highest BCUT2D eigenvalue weighted by molar-refractivity contribution is 5.94. The molecule has 0 spiro atoms. The fourth-order valence-corrected chi connectivity index (χ4v) is 2.62. The third-order valence-corrected chi connectivity index (χ3v) is 4.16. The Balaban J connectivity index is 1.44. The molecule has 1 N–H and O–H groups in total. The van der Waals surface area contributed by atoms with E-state index >= 15 is 0 Å². The van der Waals surface area contributed by atoms with Crippen molar-refractivity contribution < 1.29 is 9.21 Å². The average Bonchev–Trinajstić information content (AvgIpc) is 3.29. The van der Waals surface area contributed by atoms with Crippen molar-refractivity contribution >= 4 is 23.0 Å². The largest absolute Gasteiger partial charge is 0.423 e. The summed E-state index contributed by atoms with van der Waals surface area (Å²) in [5, 5.41) is 3.00. The summed E-state index contributed by atoms with van der Waals surface area (Å²) in [5.74, 6) is 0.0105. The first-order valence-electron chi connectivity index (χ1n) is 8.15. The molecule has 1 saturated carbocycles. The van der Waals surface area contributed by atoms with Crippen LogP contribution in [0.2, 0.25) is 0 Å². The van der Waals surface area contributed by atoms with E-state index in [-0.39, 0.29) is 5.91 Å². The second-order valence-corrected chi connectivity index (χ2v) is 6.26. The molecule has 0 atom stereocenters. The molecule has 1 aromatic heterocycles. The Morgan fingerprint density at radius 2 is 1.96 bits per heavy atom. The lowest BCUT2D eigenvalue weighted by Gasteiger charge is -2.14. The van der Waals surface area contributed by atoms with Crippen molar-refractivity contribution in [2.75, 3.05) is 11.9 Å². The van der Waals surface area contributed by atoms with Crippen molar-refractivity contribution in [2.45, 2.75) is 25.4 Å². The van der Waals surface area contributed by atoms with Crippen molar-refractivity contribution in [3.63, 3.8) is 0 Å². The predicted octanol–water partition coefficient (Wildman–Crippen LogP) is 3.36. The van der Waals surface area contributed by atoms with Crippen LogP contribution in [0.1, 0.15) is 28.8 Å². The summed E-state index contributed by atoms with van der Waals surface area (Å²) in [5.41, 5.74) is 3.44. The first-order chi connectivity index (χ1) is 11.7. The fourth-order valence-electron chi connectivity index (χ4n) is 2.62. The van der Waals surface area contributed by atoms with Crippen molar-refractivity contribution in [1.29, 1.82) is 0 Å². The lowest BCUT2D eigenvalue weighted by molar-refractivity contribution is 0.0951. The van der Waals surface area contributed by atoms with Gasteiger partial charge in [0.25, 0.3) is 11.9 Å². The molecular formula is C19H19N3O2. The molecule has 24 heavy (non-hydrogen) atoms. The molecule has 0 saturated heterocycles. The van der Waals surface area contributed by atoms with Crippen LogP contribution in [0.15, 0.2) is 52.9 Å². The van der Waals surface area contributed by atoms with E-state index in [0.717, 1.165) is 29.5 Å². The van der Waals surface area contributed by atoms with Crippen molar-refractivity contribution in [3.8, 4) is 0 Å². The zero-order valence-corrected chi connectivity index (χ0v) is 13.5. The number of carbonyl (C=O) groups is 1. The van der Waals surface area contributed by atoms with E-state index in [1.807, 2.05) is 60.5 Å². The number of hydrogen-bond acceptors (Lipinski definition) is 4. The van der Waals surface area contributed by atoms with E-state index in [1.54, 1.807) is 0 Å². The molecule has 0 radical (unpaired) electrons. The fraction of sp³-hybridized carbons (Fsp3) is 0.263. The molecule has 1 heterocycles. The van der Waals surface area contributed by atoms with Gasteiger partial charge in [0.15, 0.2) is 5.58 Å². The third-order valence-electron chi connectivity index (χ3n) is 4.16. The maximum absolute atomic E-state index is 12.0. The minimum absolute atomic E-state index is 0.0105. The molecule has 2 aromatic carbocycles. The molecule has 1 fully saturated rings. The van der Waals surface area contributed by atoms with Gasteiger partial charge in [-0.15, -0.1) is 0 Å². The summed E-state index contributed by atoms with van der Waals surface area (Å²) in [7, 11) is 1.94. The van der Waals surface area contributed by atoms with Crippen LogP contribution in [0.3, 0.4) is 0 Å². The summed E-state index contributed by atoms with van der Waals surface area (Å²) in [6.07, 6.45) is 2.19. The number of anilines is 1. The van der Waals surface area contributed by atoms with Gasteiger partial charge in [0.1, 0.15) is 5.52 Å². The number of para-hydroxylation sites is 2. The number of rotatable bonds is 5. The monoisotopic (exact) mass is 321 g/mol. The topological polar surface area (TPSA) is 58.4 Å². The van der Waals surface area contributed by atoms with Crippen LogP contribution in [0, 0.1) is 0 Å². The van der Waals surface area contributed by atoms with Gasteiger partial charge in [-0.25, -0.2) is 0 Å². The van der Waals surface area contributed by atoms with Gasteiger partial charge in [0.2, 0.25) is 0 Å². The predicted molar refractivity (Wildman–Crippen MR) is 93.0 cm³/mol. The third kappa shape index (κ3) is 3.11. The molecule has 0 unspecified atom stereocenters. The summed E-state index contributed by atoms with van der Waals surface area (Å²) < 4.78 is 5.77. The van der Waals surface area contributed by atoms with E-state index in [1.165, 1.54) is 0 Å². The quantitative estimate of drug-likeness (QED) is 0.783. The van der Waals surface area contributed by atoms with E-state index in [4.69, 9.17) is 4.42 Å². The zero-order valence-electron chi connectivity index (χ0n) is 13.5. The number of fused-ring (bicyclic) bond motifs is 1. The number of amides is 1. The van der Waals surface area contributed by atoms with Gasteiger partial charge >= 0.3 is 0 Å². The Morgan fingerprint density at radius 3 is 2.67 bits per heavy atom. The maximum Gasteiger partial charge on any atom is 0.298 e. The number of nitrogens with one attached hydrogen (secondary N) is 1. The molecule has 3 aromatic rings. The van der Waals surface area contributed by atoms with Crippen LogP contribution in [0.4, 0.5) is 6.01 Å².